The lowest BCUT2D eigenvalue weighted by atomic mass is 10.1. The molecule has 5 nitrogen and oxygen atoms in total. The van der Waals surface area contributed by atoms with Crippen LogP contribution in [0.4, 0.5) is 18.0 Å². The van der Waals surface area contributed by atoms with E-state index >= 15 is 0 Å². The topological polar surface area (TPSA) is 83.6 Å². The molecule has 8 heteroatoms. The molecule has 1 atom stereocenters. The van der Waals surface area contributed by atoms with Crippen molar-refractivity contribution in [3.8, 4) is 0 Å². The van der Waals surface area contributed by atoms with Crippen LogP contribution in [-0.4, -0.2) is 34.7 Å². The standard InChI is InChI=1S/C11H14N2O.C2HF3O2/c12-11(14)13-8-4-7-10(13)9-5-2-1-3-6-9;3-2(4,5)1(6)7/h1-3,5-6,10H,4,7-8H2,(H2,12,14);(H,6,7). The molecule has 0 spiro atoms. The van der Waals surface area contributed by atoms with Gasteiger partial charge in [-0.25, -0.2) is 9.59 Å². The quantitative estimate of drug-likeness (QED) is 0.836. The first-order valence-electron chi connectivity index (χ1n) is 6.14. The summed E-state index contributed by atoms with van der Waals surface area (Å²) in [6, 6.07) is 9.94. The van der Waals surface area contributed by atoms with Crippen LogP contribution in [0.15, 0.2) is 30.3 Å². The number of halogens is 3. The van der Waals surface area contributed by atoms with Crippen LogP contribution in [-0.2, 0) is 4.79 Å². The number of aliphatic carboxylic acids is 1. The lowest BCUT2D eigenvalue weighted by Gasteiger charge is -2.22. The van der Waals surface area contributed by atoms with Crippen molar-refractivity contribution in [3.63, 3.8) is 0 Å². The van der Waals surface area contributed by atoms with E-state index in [4.69, 9.17) is 15.6 Å². The summed E-state index contributed by atoms with van der Waals surface area (Å²) in [5, 5.41) is 7.12. The number of nitrogens with zero attached hydrogens (tertiary/aromatic N) is 1. The number of hydrogen-bond donors (Lipinski definition) is 2. The Bertz CT molecular complexity index is 491. The average Bonchev–Trinajstić information content (AvgIpc) is 2.88. The van der Waals surface area contributed by atoms with Gasteiger partial charge in [-0.15, -0.1) is 0 Å². The minimum Gasteiger partial charge on any atom is -0.475 e. The van der Waals surface area contributed by atoms with E-state index in [0.29, 0.717) is 0 Å². The Hall–Kier alpha value is -2.25. The molecule has 0 saturated carbocycles. The number of carbonyl (C=O) groups excluding carboxylic acids is 1. The summed E-state index contributed by atoms with van der Waals surface area (Å²) >= 11 is 0. The van der Waals surface area contributed by atoms with Crippen LogP contribution in [0.3, 0.4) is 0 Å². The van der Waals surface area contributed by atoms with Crippen molar-refractivity contribution >= 4 is 12.0 Å². The van der Waals surface area contributed by atoms with E-state index in [0.717, 1.165) is 19.4 Å². The Kier molecular flexibility index (Phi) is 5.57. The third-order valence-corrected chi connectivity index (χ3v) is 2.96. The fourth-order valence-electron chi connectivity index (χ4n) is 2.05. The average molecular weight is 304 g/mol. The van der Waals surface area contributed by atoms with Gasteiger partial charge < -0.3 is 15.7 Å². The molecule has 116 valence electrons. The minimum atomic E-state index is -5.08. The lowest BCUT2D eigenvalue weighted by molar-refractivity contribution is -0.192. The number of carbonyl (C=O) groups is 2. The van der Waals surface area contributed by atoms with Gasteiger partial charge in [-0.2, -0.15) is 13.2 Å². The van der Waals surface area contributed by atoms with Crippen molar-refractivity contribution in [1.82, 2.24) is 4.90 Å². The predicted octanol–water partition coefficient (Wildman–Crippen LogP) is 2.54. The second kappa shape index (κ2) is 6.96. The van der Waals surface area contributed by atoms with Crippen molar-refractivity contribution in [3.05, 3.63) is 35.9 Å². The number of benzene rings is 1. The molecule has 1 aromatic rings. The Morgan fingerprint density at radius 2 is 1.76 bits per heavy atom. The maximum atomic E-state index is 11.1. The minimum absolute atomic E-state index is 0.189. The first kappa shape index (κ1) is 16.8. The van der Waals surface area contributed by atoms with Crippen molar-refractivity contribution in [2.75, 3.05) is 6.54 Å². The van der Waals surface area contributed by atoms with Gasteiger partial charge in [0.2, 0.25) is 0 Å². The second-order valence-electron chi connectivity index (χ2n) is 4.40. The molecule has 0 aromatic heterocycles. The molecular weight excluding hydrogens is 289 g/mol. The molecule has 3 N–H and O–H groups in total. The van der Waals surface area contributed by atoms with Crippen molar-refractivity contribution in [1.29, 1.82) is 0 Å². The number of nitrogens with two attached hydrogens (primary N) is 1. The number of amides is 2. The van der Waals surface area contributed by atoms with E-state index in [9.17, 15) is 18.0 Å². The van der Waals surface area contributed by atoms with Gasteiger partial charge in [0.25, 0.3) is 0 Å². The van der Waals surface area contributed by atoms with Gasteiger partial charge in [0.05, 0.1) is 6.04 Å². The molecule has 21 heavy (non-hydrogen) atoms. The molecule has 1 unspecified atom stereocenters. The van der Waals surface area contributed by atoms with Crippen molar-refractivity contribution in [2.24, 2.45) is 5.73 Å². The Balaban J connectivity index is 0.000000270. The fourth-order valence-corrected chi connectivity index (χ4v) is 2.05. The molecule has 0 aliphatic carbocycles. The number of hydrogen-bond acceptors (Lipinski definition) is 2. The SMILES string of the molecule is NC(=O)N1CCCC1c1ccccc1.O=C(O)C(F)(F)F. The van der Waals surface area contributed by atoms with Gasteiger partial charge >= 0.3 is 18.2 Å². The summed E-state index contributed by atoms with van der Waals surface area (Å²) in [5.74, 6) is -2.76. The van der Waals surface area contributed by atoms with E-state index in [1.807, 2.05) is 30.3 Å². The number of primary amides is 1. The van der Waals surface area contributed by atoms with Crippen LogP contribution in [0.1, 0.15) is 24.4 Å². The molecule has 1 heterocycles. The van der Waals surface area contributed by atoms with Crippen LogP contribution in [0.2, 0.25) is 0 Å². The van der Waals surface area contributed by atoms with E-state index in [-0.39, 0.29) is 12.1 Å². The second-order valence-corrected chi connectivity index (χ2v) is 4.40. The number of urea groups is 1. The molecule has 1 fully saturated rings. The smallest absolute Gasteiger partial charge is 0.475 e. The highest BCUT2D eigenvalue weighted by Gasteiger charge is 2.38. The van der Waals surface area contributed by atoms with Crippen molar-refractivity contribution in [2.45, 2.75) is 25.1 Å². The molecule has 1 aliphatic heterocycles. The summed E-state index contributed by atoms with van der Waals surface area (Å²) in [6.45, 7) is 0.787. The number of rotatable bonds is 1. The highest BCUT2D eigenvalue weighted by Crippen LogP contribution is 2.31. The van der Waals surface area contributed by atoms with E-state index in [1.54, 1.807) is 4.90 Å². The highest BCUT2D eigenvalue weighted by atomic mass is 19.4. The molecule has 2 amide bonds. The monoisotopic (exact) mass is 304 g/mol. The summed E-state index contributed by atoms with van der Waals surface area (Å²) < 4.78 is 31.7. The van der Waals surface area contributed by atoms with E-state index < -0.39 is 12.1 Å². The maximum Gasteiger partial charge on any atom is 0.490 e. The van der Waals surface area contributed by atoms with Gasteiger partial charge in [0.15, 0.2) is 0 Å². The van der Waals surface area contributed by atoms with Crippen molar-refractivity contribution < 1.29 is 27.9 Å². The zero-order valence-electron chi connectivity index (χ0n) is 11.0. The van der Waals surface area contributed by atoms with Gasteiger partial charge in [-0.3, -0.25) is 0 Å². The maximum absolute atomic E-state index is 11.1. The molecule has 0 radical (unpaired) electrons. The van der Waals surface area contributed by atoms with E-state index in [1.165, 1.54) is 5.56 Å². The summed E-state index contributed by atoms with van der Waals surface area (Å²) in [6.07, 6.45) is -3.02. The number of carboxylic acids is 1. The summed E-state index contributed by atoms with van der Waals surface area (Å²) in [4.78, 5) is 21.8. The summed E-state index contributed by atoms with van der Waals surface area (Å²) in [7, 11) is 0. The number of alkyl halides is 3. The molecule has 2 rings (SSSR count). The van der Waals surface area contributed by atoms with Crippen LogP contribution in [0, 0.1) is 0 Å². The Morgan fingerprint density at radius 1 is 1.24 bits per heavy atom. The van der Waals surface area contributed by atoms with Crippen LogP contribution in [0.5, 0.6) is 0 Å². The molecule has 1 aromatic carbocycles. The molecule has 1 saturated heterocycles. The first-order chi connectivity index (χ1) is 9.73. The Labute approximate surface area is 119 Å². The molecular formula is C13H15F3N2O3. The molecule has 1 aliphatic rings. The van der Waals surface area contributed by atoms with Gasteiger partial charge in [-0.05, 0) is 18.4 Å². The molecule has 0 bridgehead atoms. The van der Waals surface area contributed by atoms with Crippen LogP contribution < -0.4 is 5.73 Å². The van der Waals surface area contributed by atoms with Crippen LogP contribution >= 0.6 is 0 Å². The van der Waals surface area contributed by atoms with Gasteiger partial charge in [0, 0.05) is 6.54 Å². The number of likely N-dealkylation sites (tertiary alicyclic amines) is 1. The third kappa shape index (κ3) is 4.97. The van der Waals surface area contributed by atoms with Crippen LogP contribution in [0.25, 0.3) is 0 Å². The largest absolute Gasteiger partial charge is 0.490 e. The Morgan fingerprint density at radius 3 is 2.19 bits per heavy atom. The summed E-state index contributed by atoms with van der Waals surface area (Å²) in [5.41, 5.74) is 6.50. The third-order valence-electron chi connectivity index (χ3n) is 2.96. The lowest BCUT2D eigenvalue weighted by Crippen LogP contribution is -2.35. The number of carboxylic acid groups (broad SMARTS) is 1. The predicted molar refractivity (Wildman–Crippen MR) is 68.4 cm³/mol. The van der Waals surface area contributed by atoms with E-state index in [2.05, 4.69) is 0 Å². The zero-order chi connectivity index (χ0) is 16.0. The van der Waals surface area contributed by atoms with Gasteiger partial charge in [0.1, 0.15) is 0 Å². The normalized spacial score (nSPS) is 17.9. The highest BCUT2D eigenvalue weighted by molar-refractivity contribution is 5.73. The fraction of sp³-hybridized carbons (Fsp3) is 0.385. The zero-order valence-corrected chi connectivity index (χ0v) is 11.0. The van der Waals surface area contributed by atoms with Gasteiger partial charge in [-0.1, -0.05) is 30.3 Å². The first-order valence-corrected chi connectivity index (χ1v) is 6.14.